The minimum Gasteiger partial charge on any atom is -0.276 e. The SMILES string of the molecule is C=CCSc1nnc2n(CCCCC)c(=O)c3ccccc3n12. The maximum atomic E-state index is 12.8. The number of para-hydroxylation sites is 1. The summed E-state index contributed by atoms with van der Waals surface area (Å²) in [6, 6.07) is 7.65. The lowest BCUT2D eigenvalue weighted by molar-refractivity contribution is 0.594. The number of aryl methyl sites for hydroxylation is 1. The Kier molecular flexibility index (Phi) is 4.81. The van der Waals surface area contributed by atoms with Crippen molar-refractivity contribution >= 4 is 28.4 Å². The van der Waals surface area contributed by atoms with Gasteiger partial charge in [0.05, 0.1) is 10.9 Å². The Hall–Kier alpha value is -2.08. The summed E-state index contributed by atoms with van der Waals surface area (Å²) in [4.78, 5) is 12.8. The largest absolute Gasteiger partial charge is 0.276 e. The Morgan fingerprint density at radius 3 is 2.87 bits per heavy atom. The minimum absolute atomic E-state index is 0.0110. The lowest BCUT2D eigenvalue weighted by Gasteiger charge is -2.10. The fourth-order valence-electron chi connectivity index (χ4n) is 2.68. The molecule has 0 radical (unpaired) electrons. The molecule has 0 bridgehead atoms. The van der Waals surface area contributed by atoms with Crippen molar-refractivity contribution in [2.75, 3.05) is 5.75 Å². The monoisotopic (exact) mass is 328 g/mol. The van der Waals surface area contributed by atoms with Gasteiger partial charge in [0.15, 0.2) is 5.16 Å². The summed E-state index contributed by atoms with van der Waals surface area (Å²) in [7, 11) is 0. The van der Waals surface area contributed by atoms with E-state index in [1.165, 1.54) is 0 Å². The molecule has 0 unspecified atom stereocenters. The van der Waals surface area contributed by atoms with Crippen molar-refractivity contribution in [1.82, 2.24) is 19.2 Å². The van der Waals surface area contributed by atoms with E-state index in [0.717, 1.165) is 35.7 Å². The molecule has 0 N–H and O–H groups in total. The summed E-state index contributed by atoms with van der Waals surface area (Å²) in [5.41, 5.74) is 0.868. The number of thioether (sulfide) groups is 1. The van der Waals surface area contributed by atoms with Crippen molar-refractivity contribution in [2.45, 2.75) is 37.9 Å². The van der Waals surface area contributed by atoms with Gasteiger partial charge in [-0.1, -0.05) is 49.7 Å². The third kappa shape index (κ3) is 2.91. The normalized spacial score (nSPS) is 11.3. The summed E-state index contributed by atoms with van der Waals surface area (Å²) in [6.45, 7) is 6.58. The quantitative estimate of drug-likeness (QED) is 0.378. The first-order valence-corrected chi connectivity index (χ1v) is 8.86. The van der Waals surface area contributed by atoms with E-state index >= 15 is 0 Å². The van der Waals surface area contributed by atoms with E-state index in [2.05, 4.69) is 23.7 Å². The summed E-state index contributed by atoms with van der Waals surface area (Å²) in [6.07, 6.45) is 5.01. The first-order chi connectivity index (χ1) is 11.3. The fourth-order valence-corrected chi connectivity index (χ4v) is 3.36. The van der Waals surface area contributed by atoms with Crippen LogP contribution in [0.2, 0.25) is 0 Å². The van der Waals surface area contributed by atoms with Gasteiger partial charge < -0.3 is 0 Å². The molecule has 2 heterocycles. The van der Waals surface area contributed by atoms with Gasteiger partial charge >= 0.3 is 0 Å². The molecule has 0 amide bonds. The molecule has 0 saturated carbocycles. The molecule has 1 aromatic carbocycles. The van der Waals surface area contributed by atoms with Gasteiger partial charge in [0.1, 0.15) is 0 Å². The second kappa shape index (κ2) is 7.00. The van der Waals surface area contributed by atoms with E-state index < -0.39 is 0 Å². The van der Waals surface area contributed by atoms with Crippen LogP contribution >= 0.6 is 11.8 Å². The third-order valence-corrected chi connectivity index (χ3v) is 4.72. The zero-order valence-corrected chi connectivity index (χ0v) is 14.1. The summed E-state index contributed by atoms with van der Waals surface area (Å²) < 4.78 is 3.74. The molecule has 0 aliphatic heterocycles. The van der Waals surface area contributed by atoms with Gasteiger partial charge in [-0.15, -0.1) is 16.8 Å². The molecule has 120 valence electrons. The van der Waals surface area contributed by atoms with Crippen molar-refractivity contribution in [2.24, 2.45) is 0 Å². The number of nitrogens with zero attached hydrogens (tertiary/aromatic N) is 4. The first kappa shape index (κ1) is 15.8. The van der Waals surface area contributed by atoms with E-state index in [1.807, 2.05) is 34.7 Å². The number of rotatable bonds is 7. The van der Waals surface area contributed by atoms with Crippen molar-refractivity contribution in [3.63, 3.8) is 0 Å². The topological polar surface area (TPSA) is 52.2 Å². The summed E-state index contributed by atoms with van der Waals surface area (Å²) in [5.74, 6) is 1.38. The zero-order valence-electron chi connectivity index (χ0n) is 13.2. The lowest BCUT2D eigenvalue weighted by atomic mass is 10.2. The van der Waals surface area contributed by atoms with Crippen LogP contribution < -0.4 is 5.56 Å². The van der Waals surface area contributed by atoms with E-state index in [0.29, 0.717) is 17.7 Å². The van der Waals surface area contributed by atoms with Crippen LogP contribution in [0.3, 0.4) is 0 Å². The second-order valence-electron chi connectivity index (χ2n) is 5.40. The molecule has 0 aliphatic carbocycles. The molecule has 0 spiro atoms. The highest BCUT2D eigenvalue weighted by molar-refractivity contribution is 7.99. The predicted molar refractivity (Wildman–Crippen MR) is 95.2 cm³/mol. The molecule has 0 fully saturated rings. The molecular formula is C17H20N4OS. The minimum atomic E-state index is 0.0110. The van der Waals surface area contributed by atoms with Crippen LogP contribution in [0.25, 0.3) is 16.7 Å². The smallest absolute Gasteiger partial charge is 0.262 e. The summed E-state index contributed by atoms with van der Waals surface area (Å²) in [5, 5.41) is 10.1. The molecular weight excluding hydrogens is 308 g/mol. The number of unbranched alkanes of at least 4 members (excludes halogenated alkanes) is 2. The van der Waals surface area contributed by atoms with Gasteiger partial charge in [0, 0.05) is 12.3 Å². The molecule has 6 heteroatoms. The van der Waals surface area contributed by atoms with Crippen LogP contribution in [0.5, 0.6) is 0 Å². The zero-order chi connectivity index (χ0) is 16.2. The predicted octanol–water partition coefficient (Wildman–Crippen LogP) is 3.51. The molecule has 0 atom stereocenters. The highest BCUT2D eigenvalue weighted by Gasteiger charge is 2.15. The Balaban J connectivity index is 2.24. The highest BCUT2D eigenvalue weighted by Crippen LogP contribution is 2.21. The standard InChI is InChI=1S/C17H20N4OS/c1-3-5-8-11-20-15(22)13-9-6-7-10-14(13)21-16(20)18-19-17(21)23-12-4-2/h4,6-7,9-10H,2-3,5,8,11-12H2,1H3. The van der Waals surface area contributed by atoms with E-state index in [9.17, 15) is 4.79 Å². The van der Waals surface area contributed by atoms with Gasteiger partial charge in [-0.2, -0.15) is 0 Å². The molecule has 3 rings (SSSR count). The first-order valence-electron chi connectivity index (χ1n) is 7.88. The van der Waals surface area contributed by atoms with Crippen LogP contribution in [0, 0.1) is 0 Å². The van der Waals surface area contributed by atoms with Crippen molar-refractivity contribution in [3.05, 3.63) is 47.3 Å². The van der Waals surface area contributed by atoms with Gasteiger partial charge in [-0.25, -0.2) is 0 Å². The summed E-state index contributed by atoms with van der Waals surface area (Å²) >= 11 is 1.57. The van der Waals surface area contributed by atoms with Gasteiger partial charge in [0.25, 0.3) is 5.56 Å². The van der Waals surface area contributed by atoms with Gasteiger partial charge in [0.2, 0.25) is 5.78 Å². The highest BCUT2D eigenvalue weighted by atomic mass is 32.2. The number of hydrogen-bond donors (Lipinski definition) is 0. The average Bonchev–Trinajstić information content (AvgIpc) is 3.00. The third-order valence-electron chi connectivity index (χ3n) is 3.79. The second-order valence-corrected chi connectivity index (χ2v) is 6.39. The van der Waals surface area contributed by atoms with Crippen molar-refractivity contribution in [3.8, 4) is 0 Å². The van der Waals surface area contributed by atoms with Crippen LogP contribution in [0.15, 0.2) is 46.9 Å². The van der Waals surface area contributed by atoms with E-state index in [-0.39, 0.29) is 5.56 Å². The van der Waals surface area contributed by atoms with Gasteiger partial charge in [-0.3, -0.25) is 13.8 Å². The van der Waals surface area contributed by atoms with E-state index in [4.69, 9.17) is 0 Å². The maximum absolute atomic E-state index is 12.8. The number of benzene rings is 1. The van der Waals surface area contributed by atoms with Crippen LogP contribution in [-0.4, -0.2) is 24.9 Å². The Morgan fingerprint density at radius 2 is 2.09 bits per heavy atom. The van der Waals surface area contributed by atoms with Crippen molar-refractivity contribution in [1.29, 1.82) is 0 Å². The average molecular weight is 328 g/mol. The van der Waals surface area contributed by atoms with Crippen LogP contribution in [0.4, 0.5) is 0 Å². The maximum Gasteiger partial charge on any atom is 0.262 e. The molecule has 3 aromatic rings. The Bertz CT molecular complexity index is 897. The lowest BCUT2D eigenvalue weighted by Crippen LogP contribution is -2.23. The molecule has 2 aromatic heterocycles. The van der Waals surface area contributed by atoms with Crippen molar-refractivity contribution < 1.29 is 0 Å². The molecule has 5 nitrogen and oxygen atoms in total. The fraction of sp³-hybridized carbons (Fsp3) is 0.353. The van der Waals surface area contributed by atoms with Crippen LogP contribution in [0.1, 0.15) is 26.2 Å². The number of aromatic nitrogens is 4. The Labute approximate surface area is 139 Å². The molecule has 23 heavy (non-hydrogen) atoms. The number of fused-ring (bicyclic) bond motifs is 3. The van der Waals surface area contributed by atoms with Gasteiger partial charge in [-0.05, 0) is 18.6 Å². The molecule has 0 saturated heterocycles. The Morgan fingerprint density at radius 1 is 1.26 bits per heavy atom. The van der Waals surface area contributed by atoms with E-state index in [1.54, 1.807) is 16.3 Å². The number of hydrogen-bond acceptors (Lipinski definition) is 4. The van der Waals surface area contributed by atoms with Crippen LogP contribution in [-0.2, 0) is 6.54 Å². The molecule has 0 aliphatic rings.